The Bertz CT molecular complexity index is 311. The van der Waals surface area contributed by atoms with Crippen molar-refractivity contribution in [2.45, 2.75) is 155 Å². The molecule has 0 aliphatic rings. The Morgan fingerprint density at radius 3 is 0.967 bits per heavy atom. The van der Waals surface area contributed by atoms with Gasteiger partial charge in [0.15, 0.2) is 12.6 Å². The third-order valence-corrected chi connectivity index (χ3v) is 8.83. The van der Waals surface area contributed by atoms with Crippen LogP contribution in [0.25, 0.3) is 0 Å². The van der Waals surface area contributed by atoms with Crippen LogP contribution in [0.15, 0.2) is 0 Å². The molecule has 0 fully saturated rings. The quantitative estimate of drug-likeness (QED) is 0.125. The maximum Gasteiger partial charge on any atom is 0.158 e. The van der Waals surface area contributed by atoms with E-state index in [0.717, 1.165) is 12.8 Å². The van der Waals surface area contributed by atoms with E-state index in [1.165, 1.54) is 49.9 Å². The molecule has 0 saturated carbocycles. The molecule has 0 spiro atoms. The molecular weight excluding hydrogens is 408 g/mol. The maximum absolute atomic E-state index is 5.89. The van der Waals surface area contributed by atoms with Crippen LogP contribution < -0.4 is 0 Å². The van der Waals surface area contributed by atoms with Gasteiger partial charge < -0.3 is 18.9 Å². The number of hydrogen-bond donors (Lipinski definition) is 0. The predicted octanol–water partition coefficient (Wildman–Crippen LogP) is 5.69. The van der Waals surface area contributed by atoms with E-state index in [9.17, 15) is 0 Å². The smallest absolute Gasteiger partial charge is 0.158 e. The summed E-state index contributed by atoms with van der Waals surface area (Å²) in [6.45, 7) is 16.7. The van der Waals surface area contributed by atoms with Gasteiger partial charge in [0.05, 0.1) is 24.4 Å². The Labute approximate surface area is 193 Å². The van der Waals surface area contributed by atoms with Crippen molar-refractivity contribution in [3.8, 4) is 0 Å². The summed E-state index contributed by atoms with van der Waals surface area (Å²) < 4.78 is 23.5. The molecule has 0 aromatic heterocycles. The van der Waals surface area contributed by atoms with Crippen LogP contribution in [0.4, 0.5) is 0 Å². The second kappa shape index (κ2) is 19.9. The highest BCUT2D eigenvalue weighted by molar-refractivity contribution is 6.36. The lowest BCUT2D eigenvalue weighted by molar-refractivity contribution is -0.184. The third kappa shape index (κ3) is 21.5. The molecular formula is C24H54O4Si2. The molecule has 6 heteroatoms. The SMILES string of the molecule is CC(C)OC(CCC[SiH2]CCCC[SiH2]CCCC(OC(C)C)OC(C)C)OC(C)C. The van der Waals surface area contributed by atoms with E-state index in [1.807, 2.05) is 0 Å². The fourth-order valence-corrected chi connectivity index (χ4v) is 6.99. The average Bonchev–Trinajstić information content (AvgIpc) is 2.60. The topological polar surface area (TPSA) is 36.9 Å². The van der Waals surface area contributed by atoms with Crippen molar-refractivity contribution < 1.29 is 18.9 Å². The summed E-state index contributed by atoms with van der Waals surface area (Å²) in [4.78, 5) is 0. The zero-order valence-electron chi connectivity index (χ0n) is 21.6. The molecule has 0 aromatic carbocycles. The molecule has 4 nitrogen and oxygen atoms in total. The summed E-state index contributed by atoms with van der Waals surface area (Å²) in [5, 5.41) is 0. The lowest BCUT2D eigenvalue weighted by Gasteiger charge is -2.23. The molecule has 0 saturated heterocycles. The van der Waals surface area contributed by atoms with E-state index in [4.69, 9.17) is 18.9 Å². The van der Waals surface area contributed by atoms with E-state index >= 15 is 0 Å². The van der Waals surface area contributed by atoms with Gasteiger partial charge in [-0.3, -0.25) is 0 Å². The molecule has 0 amide bonds. The second-order valence-corrected chi connectivity index (χ2v) is 14.0. The molecule has 182 valence electrons. The second-order valence-electron chi connectivity index (χ2n) is 9.71. The predicted molar refractivity (Wildman–Crippen MR) is 136 cm³/mol. The van der Waals surface area contributed by atoms with Crippen molar-refractivity contribution in [2.24, 2.45) is 0 Å². The highest BCUT2D eigenvalue weighted by Gasteiger charge is 2.14. The van der Waals surface area contributed by atoms with Crippen molar-refractivity contribution in [1.29, 1.82) is 0 Å². The lowest BCUT2D eigenvalue weighted by Crippen LogP contribution is -2.24. The molecule has 0 N–H and O–H groups in total. The summed E-state index contributed by atoms with van der Waals surface area (Å²) in [5.41, 5.74) is 0. The summed E-state index contributed by atoms with van der Waals surface area (Å²) in [6.07, 6.45) is 8.51. The number of rotatable bonds is 21. The van der Waals surface area contributed by atoms with Crippen molar-refractivity contribution >= 4 is 19.0 Å². The van der Waals surface area contributed by atoms with Gasteiger partial charge in [0.25, 0.3) is 0 Å². The number of ether oxygens (including phenoxy) is 4. The molecule has 0 bridgehead atoms. The molecule has 0 heterocycles. The normalized spacial score (nSPS) is 13.4. The van der Waals surface area contributed by atoms with E-state index in [-0.39, 0.29) is 56.0 Å². The Morgan fingerprint density at radius 1 is 0.433 bits per heavy atom. The van der Waals surface area contributed by atoms with Crippen molar-refractivity contribution in [2.75, 3.05) is 0 Å². The van der Waals surface area contributed by atoms with E-state index < -0.39 is 0 Å². The largest absolute Gasteiger partial charge is 0.350 e. The van der Waals surface area contributed by atoms with Crippen LogP contribution in [0, 0.1) is 0 Å². The minimum Gasteiger partial charge on any atom is -0.350 e. The number of hydrogen-bond acceptors (Lipinski definition) is 4. The molecule has 0 radical (unpaired) electrons. The minimum atomic E-state index is -0.0125. The van der Waals surface area contributed by atoms with E-state index in [0.29, 0.717) is 0 Å². The van der Waals surface area contributed by atoms with Crippen LogP contribution in [-0.4, -0.2) is 56.0 Å². The van der Waals surface area contributed by atoms with E-state index in [1.54, 1.807) is 0 Å². The fraction of sp³-hybridized carbons (Fsp3) is 1.00. The van der Waals surface area contributed by atoms with Crippen LogP contribution in [0.2, 0.25) is 24.2 Å². The van der Waals surface area contributed by atoms with Crippen LogP contribution in [0.3, 0.4) is 0 Å². The summed E-state index contributed by atoms with van der Waals surface area (Å²) >= 11 is 0. The van der Waals surface area contributed by atoms with Crippen LogP contribution >= 0.6 is 0 Å². The lowest BCUT2D eigenvalue weighted by atomic mass is 10.3. The third-order valence-electron chi connectivity index (χ3n) is 4.83. The van der Waals surface area contributed by atoms with Gasteiger partial charge in [-0.1, -0.05) is 49.9 Å². The first kappa shape index (κ1) is 30.3. The average molecular weight is 463 g/mol. The van der Waals surface area contributed by atoms with Gasteiger partial charge >= 0.3 is 0 Å². The van der Waals surface area contributed by atoms with Gasteiger partial charge in [0, 0.05) is 19.0 Å². The van der Waals surface area contributed by atoms with Crippen molar-refractivity contribution in [3.63, 3.8) is 0 Å². The first-order chi connectivity index (χ1) is 14.2. The molecule has 30 heavy (non-hydrogen) atoms. The first-order valence-corrected chi connectivity index (χ1v) is 16.8. The molecule has 0 aromatic rings. The Hall–Kier alpha value is 0.274. The molecule has 0 aliphatic heterocycles. The highest BCUT2D eigenvalue weighted by atomic mass is 28.2. The monoisotopic (exact) mass is 462 g/mol. The van der Waals surface area contributed by atoms with Crippen molar-refractivity contribution in [3.05, 3.63) is 0 Å². The Morgan fingerprint density at radius 2 is 0.700 bits per heavy atom. The van der Waals surface area contributed by atoms with Crippen LogP contribution in [0.1, 0.15) is 93.9 Å². The summed E-state index contributed by atoms with van der Waals surface area (Å²) in [7, 11) is 0.218. The highest BCUT2D eigenvalue weighted by Crippen LogP contribution is 2.14. The molecule has 0 atom stereocenters. The first-order valence-electron chi connectivity index (χ1n) is 12.8. The zero-order valence-corrected chi connectivity index (χ0v) is 24.4. The van der Waals surface area contributed by atoms with Gasteiger partial charge in [0.1, 0.15) is 0 Å². The standard InChI is InChI=1S/C24H54O4Si2/c1-19(2)25-23(26-20(3)4)13-11-17-29-15-9-10-16-30-18-12-14-24(27-21(5)6)28-22(7)8/h19-24H,9-18,29-30H2,1-8H3. The van der Waals surface area contributed by atoms with Gasteiger partial charge in [-0.05, 0) is 68.2 Å². The summed E-state index contributed by atoms with van der Waals surface area (Å²) in [6, 6.07) is 5.90. The zero-order chi connectivity index (χ0) is 22.8. The van der Waals surface area contributed by atoms with Crippen LogP contribution in [0.5, 0.6) is 0 Å². The van der Waals surface area contributed by atoms with Gasteiger partial charge in [0.2, 0.25) is 0 Å². The van der Waals surface area contributed by atoms with Gasteiger partial charge in [-0.15, -0.1) is 0 Å². The van der Waals surface area contributed by atoms with Gasteiger partial charge in [-0.25, -0.2) is 0 Å². The van der Waals surface area contributed by atoms with Gasteiger partial charge in [-0.2, -0.15) is 0 Å². The molecule has 0 unspecified atom stereocenters. The molecule has 0 rings (SSSR count). The Balaban J connectivity index is 3.58. The van der Waals surface area contributed by atoms with Crippen molar-refractivity contribution in [1.82, 2.24) is 0 Å². The molecule has 0 aliphatic carbocycles. The Kier molecular flexibility index (Phi) is 20.1. The fourth-order valence-electron chi connectivity index (χ4n) is 3.59. The van der Waals surface area contributed by atoms with E-state index in [2.05, 4.69) is 55.4 Å². The number of unbranched alkanes of at least 4 members (excludes halogenated alkanes) is 1. The maximum atomic E-state index is 5.89. The van der Waals surface area contributed by atoms with Crippen LogP contribution in [-0.2, 0) is 18.9 Å². The summed E-state index contributed by atoms with van der Waals surface area (Å²) in [5.74, 6) is 0. The minimum absolute atomic E-state index is 0.0125.